The first-order valence-electron chi connectivity index (χ1n) is 9.01. The highest BCUT2D eigenvalue weighted by atomic mass is 16.4. The van der Waals surface area contributed by atoms with Gasteiger partial charge >= 0.3 is 5.97 Å². The molecular formula is C22H25NO3. The van der Waals surface area contributed by atoms with Gasteiger partial charge in [-0.15, -0.1) is 0 Å². The number of aliphatic carboxylic acids is 1. The summed E-state index contributed by atoms with van der Waals surface area (Å²) in [6.45, 7) is 8.82. The summed E-state index contributed by atoms with van der Waals surface area (Å²) in [6.07, 6.45) is 1.45. The standard InChI is InChI=1S/C22H25NO3/c1-12(2)15-6-5-13(3)20-16(9-14(4)17(20)10-15)11-18-19(24)7-8-23-21(18)22(25)26/h5-6,9-12,19,24H,7-8H2,1-4H3,(H,25,26)/b18-11+/t19-/m1/s1. The van der Waals surface area contributed by atoms with Gasteiger partial charge in [-0.05, 0) is 65.6 Å². The van der Waals surface area contributed by atoms with Crippen LogP contribution in [-0.2, 0) is 4.79 Å². The Kier molecular flexibility index (Phi) is 4.97. The fourth-order valence-electron chi connectivity index (χ4n) is 3.58. The Hall–Kier alpha value is -2.46. The lowest BCUT2D eigenvalue weighted by Gasteiger charge is -2.19. The summed E-state index contributed by atoms with van der Waals surface area (Å²) in [5.41, 5.74) is 7.11. The highest BCUT2D eigenvalue weighted by Crippen LogP contribution is 2.37. The van der Waals surface area contributed by atoms with Gasteiger partial charge in [-0.25, -0.2) is 4.79 Å². The Morgan fingerprint density at radius 1 is 1.23 bits per heavy atom. The second kappa shape index (κ2) is 7.04. The second-order valence-electron chi connectivity index (χ2n) is 7.33. The van der Waals surface area contributed by atoms with E-state index in [2.05, 4.69) is 57.0 Å². The van der Waals surface area contributed by atoms with Gasteiger partial charge in [-0.2, -0.15) is 0 Å². The molecule has 0 aromatic carbocycles. The van der Waals surface area contributed by atoms with Gasteiger partial charge in [0.2, 0.25) is 0 Å². The van der Waals surface area contributed by atoms with Crippen LogP contribution in [0.3, 0.4) is 0 Å². The molecule has 1 aliphatic heterocycles. The fourth-order valence-corrected chi connectivity index (χ4v) is 3.58. The number of rotatable bonds is 3. The van der Waals surface area contributed by atoms with Crippen molar-refractivity contribution < 1.29 is 15.0 Å². The van der Waals surface area contributed by atoms with Crippen molar-refractivity contribution in [1.29, 1.82) is 0 Å². The summed E-state index contributed by atoms with van der Waals surface area (Å²) in [5, 5.41) is 19.8. The molecule has 2 aliphatic carbocycles. The Bertz CT molecular complexity index is 893. The highest BCUT2D eigenvalue weighted by molar-refractivity contribution is 6.44. The first-order chi connectivity index (χ1) is 12.3. The van der Waals surface area contributed by atoms with Gasteiger partial charge in [0, 0.05) is 12.1 Å². The minimum Gasteiger partial charge on any atom is -0.477 e. The maximum absolute atomic E-state index is 11.5. The van der Waals surface area contributed by atoms with E-state index in [-0.39, 0.29) is 5.71 Å². The topological polar surface area (TPSA) is 69.9 Å². The van der Waals surface area contributed by atoms with Crippen LogP contribution in [0.1, 0.15) is 48.4 Å². The van der Waals surface area contributed by atoms with Crippen LogP contribution in [0.5, 0.6) is 0 Å². The van der Waals surface area contributed by atoms with Crippen molar-refractivity contribution in [3.8, 4) is 11.1 Å². The number of carboxylic acids is 1. The fraction of sp³-hybridized carbons (Fsp3) is 0.364. The molecule has 136 valence electrons. The molecule has 0 unspecified atom stereocenters. The Morgan fingerprint density at radius 2 is 1.96 bits per heavy atom. The lowest BCUT2D eigenvalue weighted by Crippen LogP contribution is -2.29. The maximum Gasteiger partial charge on any atom is 0.354 e. The van der Waals surface area contributed by atoms with Crippen molar-refractivity contribution in [1.82, 2.24) is 0 Å². The number of carboxylic acid groups (broad SMARTS) is 1. The SMILES string of the molecule is Cc1cc(/C=C2/C(C(=O)O)=NCC[C@H]2O)c2c(C)ccc(C(C)C)cc1-2. The van der Waals surface area contributed by atoms with E-state index in [1.54, 1.807) is 6.08 Å². The van der Waals surface area contributed by atoms with Crippen LogP contribution >= 0.6 is 0 Å². The summed E-state index contributed by atoms with van der Waals surface area (Å²) in [6, 6.07) is 8.54. The molecule has 0 radical (unpaired) electrons. The number of aliphatic hydroxyl groups excluding tert-OH is 1. The van der Waals surface area contributed by atoms with Gasteiger partial charge in [0.1, 0.15) is 5.71 Å². The van der Waals surface area contributed by atoms with Crippen molar-refractivity contribution in [2.45, 2.75) is 46.1 Å². The highest BCUT2D eigenvalue weighted by Gasteiger charge is 2.27. The number of aliphatic imine (C=N–C) groups is 1. The zero-order valence-electron chi connectivity index (χ0n) is 15.7. The number of carbonyl (C=O) groups is 1. The summed E-state index contributed by atoms with van der Waals surface area (Å²) >= 11 is 0. The van der Waals surface area contributed by atoms with Crippen LogP contribution in [0.15, 0.2) is 34.8 Å². The predicted molar refractivity (Wildman–Crippen MR) is 105 cm³/mol. The van der Waals surface area contributed by atoms with E-state index >= 15 is 0 Å². The molecule has 0 bridgehead atoms. The smallest absolute Gasteiger partial charge is 0.354 e. The largest absolute Gasteiger partial charge is 0.477 e. The molecule has 4 heteroatoms. The molecule has 1 atom stereocenters. The molecule has 3 rings (SSSR count). The third-order valence-electron chi connectivity index (χ3n) is 5.07. The minimum atomic E-state index is -1.09. The van der Waals surface area contributed by atoms with Gasteiger partial charge in [0.05, 0.1) is 6.10 Å². The van der Waals surface area contributed by atoms with Crippen molar-refractivity contribution in [2.24, 2.45) is 4.99 Å². The number of aryl methyl sites for hydroxylation is 2. The third-order valence-corrected chi connectivity index (χ3v) is 5.07. The molecule has 4 nitrogen and oxygen atoms in total. The summed E-state index contributed by atoms with van der Waals surface area (Å²) in [7, 11) is 0. The Labute approximate surface area is 154 Å². The van der Waals surface area contributed by atoms with Gasteiger partial charge in [0.15, 0.2) is 0 Å². The second-order valence-corrected chi connectivity index (χ2v) is 7.33. The van der Waals surface area contributed by atoms with Crippen LogP contribution in [0.25, 0.3) is 17.2 Å². The summed E-state index contributed by atoms with van der Waals surface area (Å²) in [5.74, 6) is -0.668. The van der Waals surface area contributed by atoms with Crippen LogP contribution in [-0.4, -0.2) is 34.5 Å². The molecule has 0 aromatic heterocycles. The molecule has 0 saturated carbocycles. The number of aliphatic hydroxyl groups is 1. The maximum atomic E-state index is 11.5. The molecule has 0 spiro atoms. The molecule has 0 aromatic rings. The lowest BCUT2D eigenvalue weighted by molar-refractivity contribution is -0.129. The lowest BCUT2D eigenvalue weighted by atomic mass is 9.94. The average Bonchev–Trinajstić information content (AvgIpc) is 2.75. The van der Waals surface area contributed by atoms with Gasteiger partial charge < -0.3 is 10.2 Å². The molecular weight excluding hydrogens is 326 g/mol. The van der Waals surface area contributed by atoms with Crippen LogP contribution in [0, 0.1) is 13.8 Å². The van der Waals surface area contributed by atoms with E-state index in [9.17, 15) is 15.0 Å². The molecule has 26 heavy (non-hydrogen) atoms. The predicted octanol–water partition coefficient (Wildman–Crippen LogP) is 4.21. The van der Waals surface area contributed by atoms with Crippen molar-refractivity contribution >= 4 is 17.8 Å². The number of hydrogen-bond donors (Lipinski definition) is 2. The zero-order valence-corrected chi connectivity index (χ0v) is 15.7. The van der Waals surface area contributed by atoms with Crippen LogP contribution < -0.4 is 0 Å². The molecule has 1 heterocycles. The molecule has 0 amide bonds. The minimum absolute atomic E-state index is 0.0309. The number of nitrogens with zero attached hydrogens (tertiary/aromatic N) is 1. The quantitative estimate of drug-likeness (QED) is 0.870. The molecule has 0 fully saturated rings. The van der Waals surface area contributed by atoms with Gasteiger partial charge in [-0.3, -0.25) is 4.99 Å². The third kappa shape index (κ3) is 3.29. The van der Waals surface area contributed by atoms with Crippen molar-refractivity contribution in [3.05, 3.63) is 52.1 Å². The number of hydrogen-bond acceptors (Lipinski definition) is 3. The first-order valence-corrected chi connectivity index (χ1v) is 9.01. The molecule has 3 aliphatic rings. The Balaban J connectivity index is 2.20. The molecule has 2 N–H and O–H groups in total. The van der Waals surface area contributed by atoms with E-state index in [0.29, 0.717) is 24.5 Å². The first kappa shape index (κ1) is 18.3. The Morgan fingerprint density at radius 3 is 2.62 bits per heavy atom. The zero-order chi connectivity index (χ0) is 19.0. The van der Waals surface area contributed by atoms with E-state index in [1.807, 2.05) is 0 Å². The van der Waals surface area contributed by atoms with Crippen LogP contribution in [0.2, 0.25) is 0 Å². The van der Waals surface area contributed by atoms with Crippen molar-refractivity contribution in [3.63, 3.8) is 0 Å². The van der Waals surface area contributed by atoms with E-state index in [1.165, 1.54) is 11.1 Å². The monoisotopic (exact) mass is 351 g/mol. The van der Waals surface area contributed by atoms with E-state index in [0.717, 1.165) is 22.3 Å². The van der Waals surface area contributed by atoms with E-state index in [4.69, 9.17) is 0 Å². The number of fused-ring (bicyclic) bond motifs is 1. The van der Waals surface area contributed by atoms with Crippen molar-refractivity contribution in [2.75, 3.05) is 6.54 Å². The summed E-state index contributed by atoms with van der Waals surface area (Å²) in [4.78, 5) is 15.6. The van der Waals surface area contributed by atoms with Gasteiger partial charge in [0.25, 0.3) is 0 Å². The average molecular weight is 351 g/mol. The van der Waals surface area contributed by atoms with E-state index < -0.39 is 12.1 Å². The summed E-state index contributed by atoms with van der Waals surface area (Å²) < 4.78 is 0. The van der Waals surface area contributed by atoms with Crippen LogP contribution in [0.4, 0.5) is 0 Å². The normalized spacial score (nSPS) is 19.2. The van der Waals surface area contributed by atoms with Gasteiger partial charge in [-0.1, -0.05) is 38.1 Å². The molecule has 0 saturated heterocycles.